The van der Waals surface area contributed by atoms with E-state index in [0.717, 1.165) is 10.6 Å². The predicted molar refractivity (Wildman–Crippen MR) is 81.8 cm³/mol. The summed E-state index contributed by atoms with van der Waals surface area (Å²) in [5.41, 5.74) is 0.828. The van der Waals surface area contributed by atoms with Crippen molar-refractivity contribution in [2.24, 2.45) is 5.92 Å². The Balaban J connectivity index is 1.97. The number of amides is 2. The van der Waals surface area contributed by atoms with Crippen LogP contribution >= 0.6 is 11.8 Å². The molecule has 5 heteroatoms. The summed E-state index contributed by atoms with van der Waals surface area (Å²) in [6, 6.07) is 7.77. The fourth-order valence-corrected chi connectivity index (χ4v) is 2.99. The highest BCUT2D eigenvalue weighted by atomic mass is 32.2. The Morgan fingerprint density at radius 1 is 1.35 bits per heavy atom. The average Bonchev–Trinajstić information content (AvgIpc) is 2.39. The van der Waals surface area contributed by atoms with Crippen molar-refractivity contribution in [1.29, 1.82) is 0 Å². The normalized spacial score (nSPS) is 19.2. The minimum absolute atomic E-state index is 0.0711. The van der Waals surface area contributed by atoms with Crippen LogP contribution in [0.25, 0.3) is 0 Å². The third-order valence-electron chi connectivity index (χ3n) is 3.47. The highest BCUT2D eigenvalue weighted by molar-refractivity contribution is 8.01. The number of benzene rings is 1. The third-order valence-corrected chi connectivity index (χ3v) is 4.74. The topological polar surface area (TPSA) is 58.2 Å². The van der Waals surface area contributed by atoms with Crippen molar-refractivity contribution in [3.05, 3.63) is 24.3 Å². The summed E-state index contributed by atoms with van der Waals surface area (Å²) in [6.45, 7) is 6.10. The van der Waals surface area contributed by atoms with Gasteiger partial charge < -0.3 is 10.6 Å². The first-order valence-electron chi connectivity index (χ1n) is 6.83. The van der Waals surface area contributed by atoms with Gasteiger partial charge in [0, 0.05) is 17.4 Å². The van der Waals surface area contributed by atoms with E-state index in [1.807, 2.05) is 31.2 Å². The van der Waals surface area contributed by atoms with Gasteiger partial charge in [-0.2, -0.15) is 0 Å². The second-order valence-electron chi connectivity index (χ2n) is 5.40. The van der Waals surface area contributed by atoms with Gasteiger partial charge in [-0.1, -0.05) is 26.0 Å². The molecule has 0 aliphatic carbocycles. The van der Waals surface area contributed by atoms with E-state index in [-0.39, 0.29) is 29.5 Å². The molecule has 20 heavy (non-hydrogen) atoms. The molecule has 2 unspecified atom stereocenters. The van der Waals surface area contributed by atoms with Crippen molar-refractivity contribution in [3.8, 4) is 0 Å². The summed E-state index contributed by atoms with van der Waals surface area (Å²) in [5, 5.41) is 5.43. The van der Waals surface area contributed by atoms with E-state index in [1.165, 1.54) is 11.8 Å². The third kappa shape index (κ3) is 3.54. The molecule has 2 rings (SSSR count). The van der Waals surface area contributed by atoms with Crippen molar-refractivity contribution in [2.45, 2.75) is 43.4 Å². The van der Waals surface area contributed by atoms with Gasteiger partial charge >= 0.3 is 0 Å². The number of thioether (sulfide) groups is 1. The van der Waals surface area contributed by atoms with E-state index >= 15 is 0 Å². The van der Waals surface area contributed by atoms with E-state index < -0.39 is 0 Å². The molecular formula is C15H20N2O2S. The van der Waals surface area contributed by atoms with Gasteiger partial charge in [0.1, 0.15) is 0 Å². The van der Waals surface area contributed by atoms with E-state index in [0.29, 0.717) is 5.92 Å². The second kappa shape index (κ2) is 6.31. The zero-order chi connectivity index (χ0) is 14.7. The SMILES string of the molecule is CC(C)C(C)NC(=O)CC1Sc2ccccc2NC1=O. The van der Waals surface area contributed by atoms with E-state index in [9.17, 15) is 9.59 Å². The summed E-state index contributed by atoms with van der Waals surface area (Å²) < 4.78 is 0. The Kier molecular flexibility index (Phi) is 4.70. The maximum absolute atomic E-state index is 12.0. The van der Waals surface area contributed by atoms with Crippen molar-refractivity contribution in [1.82, 2.24) is 5.32 Å². The number of para-hydroxylation sites is 1. The molecule has 0 aromatic heterocycles. The Labute approximate surface area is 123 Å². The van der Waals surface area contributed by atoms with Gasteiger partial charge in [-0.05, 0) is 25.0 Å². The first kappa shape index (κ1) is 14.9. The van der Waals surface area contributed by atoms with Crippen LogP contribution in [0, 0.1) is 5.92 Å². The molecule has 1 heterocycles. The van der Waals surface area contributed by atoms with E-state index in [1.54, 1.807) is 0 Å². The highest BCUT2D eigenvalue weighted by Gasteiger charge is 2.29. The number of hydrogen-bond donors (Lipinski definition) is 2. The van der Waals surface area contributed by atoms with Gasteiger partial charge in [-0.25, -0.2) is 0 Å². The number of hydrogen-bond acceptors (Lipinski definition) is 3. The molecule has 1 aliphatic rings. The zero-order valence-electron chi connectivity index (χ0n) is 12.0. The van der Waals surface area contributed by atoms with E-state index in [4.69, 9.17) is 0 Å². The van der Waals surface area contributed by atoms with Crippen LogP contribution in [0.5, 0.6) is 0 Å². The van der Waals surface area contributed by atoms with Crippen molar-refractivity contribution >= 4 is 29.3 Å². The maximum atomic E-state index is 12.0. The Bertz CT molecular complexity index is 516. The van der Waals surface area contributed by atoms with Crippen LogP contribution in [0.15, 0.2) is 29.2 Å². The largest absolute Gasteiger partial charge is 0.353 e. The maximum Gasteiger partial charge on any atom is 0.238 e. The Morgan fingerprint density at radius 2 is 2.05 bits per heavy atom. The molecule has 0 saturated heterocycles. The van der Waals surface area contributed by atoms with Crippen LogP contribution in [0.4, 0.5) is 5.69 Å². The fourth-order valence-electron chi connectivity index (χ4n) is 1.87. The molecule has 1 aromatic rings. The average molecular weight is 292 g/mol. The van der Waals surface area contributed by atoms with Gasteiger partial charge in [-0.3, -0.25) is 9.59 Å². The number of fused-ring (bicyclic) bond motifs is 1. The minimum atomic E-state index is -0.357. The number of rotatable bonds is 4. The van der Waals surface area contributed by atoms with Gasteiger partial charge in [0.2, 0.25) is 11.8 Å². The summed E-state index contributed by atoms with van der Waals surface area (Å²) >= 11 is 1.46. The van der Waals surface area contributed by atoms with E-state index in [2.05, 4.69) is 24.5 Å². The lowest BCUT2D eigenvalue weighted by molar-refractivity contribution is -0.124. The molecule has 0 bridgehead atoms. The fraction of sp³-hybridized carbons (Fsp3) is 0.467. The molecular weight excluding hydrogens is 272 g/mol. The summed E-state index contributed by atoms with van der Waals surface area (Å²) in [6.07, 6.45) is 0.210. The summed E-state index contributed by atoms with van der Waals surface area (Å²) in [5.74, 6) is 0.215. The van der Waals surface area contributed by atoms with Crippen molar-refractivity contribution < 1.29 is 9.59 Å². The van der Waals surface area contributed by atoms with Gasteiger partial charge in [-0.15, -0.1) is 11.8 Å². The predicted octanol–water partition coefficient (Wildman–Crippen LogP) is 2.65. The van der Waals surface area contributed by atoms with Gasteiger partial charge in [0.25, 0.3) is 0 Å². The zero-order valence-corrected chi connectivity index (χ0v) is 12.8. The van der Waals surface area contributed by atoms with Crippen LogP contribution < -0.4 is 10.6 Å². The lowest BCUT2D eigenvalue weighted by atomic mass is 10.1. The van der Waals surface area contributed by atoms with Crippen LogP contribution in [-0.4, -0.2) is 23.1 Å². The molecule has 0 radical (unpaired) electrons. The first-order valence-corrected chi connectivity index (χ1v) is 7.71. The summed E-state index contributed by atoms with van der Waals surface area (Å²) in [4.78, 5) is 25.0. The molecule has 2 atom stereocenters. The molecule has 0 saturated carbocycles. The number of anilines is 1. The van der Waals surface area contributed by atoms with Crippen LogP contribution in [0.2, 0.25) is 0 Å². The minimum Gasteiger partial charge on any atom is -0.353 e. The first-order chi connectivity index (χ1) is 9.47. The highest BCUT2D eigenvalue weighted by Crippen LogP contribution is 2.36. The van der Waals surface area contributed by atoms with Crippen LogP contribution in [0.3, 0.4) is 0 Å². The molecule has 4 nitrogen and oxygen atoms in total. The van der Waals surface area contributed by atoms with Crippen LogP contribution in [0.1, 0.15) is 27.2 Å². The van der Waals surface area contributed by atoms with Gasteiger partial charge in [0.15, 0.2) is 0 Å². The molecule has 1 aliphatic heterocycles. The standard InChI is InChI=1S/C15H20N2O2S/c1-9(2)10(3)16-14(18)8-13-15(19)17-11-6-4-5-7-12(11)20-13/h4-7,9-10,13H,8H2,1-3H3,(H,16,18)(H,17,19). The monoisotopic (exact) mass is 292 g/mol. The lowest BCUT2D eigenvalue weighted by Gasteiger charge is -2.24. The Morgan fingerprint density at radius 3 is 2.75 bits per heavy atom. The molecule has 0 fully saturated rings. The van der Waals surface area contributed by atoms with Crippen molar-refractivity contribution in [3.63, 3.8) is 0 Å². The number of nitrogens with one attached hydrogen (secondary N) is 2. The smallest absolute Gasteiger partial charge is 0.238 e. The molecule has 0 spiro atoms. The number of carbonyl (C=O) groups excluding carboxylic acids is 2. The number of carbonyl (C=O) groups is 2. The second-order valence-corrected chi connectivity index (χ2v) is 6.64. The Hall–Kier alpha value is -1.49. The van der Waals surface area contributed by atoms with Crippen molar-refractivity contribution in [2.75, 3.05) is 5.32 Å². The summed E-state index contributed by atoms with van der Waals surface area (Å²) in [7, 11) is 0. The lowest BCUT2D eigenvalue weighted by Crippen LogP contribution is -2.40. The van der Waals surface area contributed by atoms with Crippen LogP contribution in [-0.2, 0) is 9.59 Å². The quantitative estimate of drug-likeness (QED) is 0.897. The molecule has 2 N–H and O–H groups in total. The molecule has 2 amide bonds. The molecule has 108 valence electrons. The molecule has 1 aromatic carbocycles. The van der Waals surface area contributed by atoms with Gasteiger partial charge in [0.05, 0.1) is 10.9 Å².